The van der Waals surface area contributed by atoms with Gasteiger partial charge in [0.25, 0.3) is 0 Å². The Kier molecular flexibility index (Phi) is 4.03. The Morgan fingerprint density at radius 3 is 2.67 bits per heavy atom. The minimum absolute atomic E-state index is 0.184. The molecule has 0 aromatic heterocycles. The first kappa shape index (κ1) is 16.4. The van der Waals surface area contributed by atoms with E-state index in [2.05, 4.69) is 6.08 Å². The Balaban J connectivity index is 2.16. The highest BCUT2D eigenvalue weighted by atomic mass is 16.5. The molecule has 1 aromatic rings. The first-order valence-corrected chi connectivity index (χ1v) is 8.10. The summed E-state index contributed by atoms with van der Waals surface area (Å²) in [6.07, 6.45) is 3.36. The maximum Gasteiger partial charge on any atom is 0.329 e. The van der Waals surface area contributed by atoms with E-state index in [1.165, 1.54) is 24.5 Å². The fourth-order valence-electron chi connectivity index (χ4n) is 3.73. The normalized spacial score (nSPS) is 24.1. The number of aliphatic imine (C=N–C) groups is 1. The summed E-state index contributed by atoms with van der Waals surface area (Å²) in [6, 6.07) is 7.30. The zero-order valence-corrected chi connectivity index (χ0v) is 14.5. The van der Waals surface area contributed by atoms with Crippen LogP contribution in [0.3, 0.4) is 0 Å². The lowest BCUT2D eigenvalue weighted by molar-refractivity contribution is -0.148. The number of hydrogen-bond acceptors (Lipinski definition) is 4. The first-order valence-electron chi connectivity index (χ1n) is 8.10. The maximum absolute atomic E-state index is 12.3. The second-order valence-electron chi connectivity index (χ2n) is 6.65. The average Bonchev–Trinajstić information content (AvgIpc) is 3.03. The highest BCUT2D eigenvalue weighted by Gasteiger charge is 2.57. The monoisotopic (exact) mass is 326 g/mol. The number of carbonyl (C=O) groups excluding carboxylic acids is 2. The molecule has 126 valence electrons. The Labute approximate surface area is 142 Å². The molecule has 5 heteroatoms. The summed E-state index contributed by atoms with van der Waals surface area (Å²) < 4.78 is 4.94. The van der Waals surface area contributed by atoms with Crippen LogP contribution in [0, 0.1) is 0 Å². The number of allylic oxidation sites excluding steroid dienone is 2. The molecule has 24 heavy (non-hydrogen) atoms. The predicted octanol–water partition coefficient (Wildman–Crippen LogP) is 3.12. The number of esters is 1. The van der Waals surface area contributed by atoms with Gasteiger partial charge in [0.2, 0.25) is 5.91 Å². The molecule has 0 spiro atoms. The van der Waals surface area contributed by atoms with Gasteiger partial charge in [-0.1, -0.05) is 29.8 Å². The molecule has 1 aromatic carbocycles. The van der Waals surface area contributed by atoms with Gasteiger partial charge in [0.05, 0.1) is 18.2 Å². The number of amidine groups is 1. The Bertz CT molecular complexity index is 762. The number of nitrogens with zero attached hydrogens (tertiary/aromatic N) is 2. The molecule has 2 heterocycles. The molecule has 1 fully saturated rings. The summed E-state index contributed by atoms with van der Waals surface area (Å²) in [4.78, 5) is 30.8. The van der Waals surface area contributed by atoms with E-state index in [0.29, 0.717) is 18.7 Å². The van der Waals surface area contributed by atoms with Crippen LogP contribution in [0.1, 0.15) is 39.2 Å². The topological polar surface area (TPSA) is 59.0 Å². The van der Waals surface area contributed by atoms with Gasteiger partial charge in [-0.05, 0) is 38.3 Å². The Hall–Kier alpha value is -2.43. The molecule has 0 saturated carbocycles. The summed E-state index contributed by atoms with van der Waals surface area (Å²) in [5.41, 5.74) is 2.71. The fourth-order valence-corrected chi connectivity index (χ4v) is 3.73. The van der Waals surface area contributed by atoms with E-state index in [-0.39, 0.29) is 5.91 Å². The third-order valence-electron chi connectivity index (χ3n) is 4.83. The molecular formula is C19H22N2O3. The number of fused-ring (bicyclic) bond motifs is 3. The number of ether oxygens (including phenoxy) is 1. The van der Waals surface area contributed by atoms with Crippen LogP contribution in [-0.2, 0) is 19.7 Å². The van der Waals surface area contributed by atoms with Crippen LogP contribution in [0.5, 0.6) is 0 Å². The zero-order valence-electron chi connectivity index (χ0n) is 14.5. The molecule has 0 aliphatic carbocycles. The first-order chi connectivity index (χ1) is 11.4. The van der Waals surface area contributed by atoms with E-state index in [1.54, 1.807) is 0 Å². The van der Waals surface area contributed by atoms with Crippen molar-refractivity contribution >= 4 is 23.4 Å². The van der Waals surface area contributed by atoms with Gasteiger partial charge in [0, 0.05) is 6.92 Å². The number of likely N-dealkylation sites (tertiary alicyclic amines) is 1. The number of carbonyl (C=O) groups is 2. The third kappa shape index (κ3) is 2.35. The van der Waals surface area contributed by atoms with Crippen LogP contribution in [-0.4, -0.2) is 35.8 Å². The van der Waals surface area contributed by atoms with Gasteiger partial charge in [-0.15, -0.1) is 0 Å². The van der Waals surface area contributed by atoms with Crippen LogP contribution in [0.2, 0.25) is 0 Å². The van der Waals surface area contributed by atoms with Crippen LogP contribution in [0.4, 0.5) is 5.69 Å². The second kappa shape index (κ2) is 5.89. The van der Waals surface area contributed by atoms with Crippen molar-refractivity contribution in [2.75, 3.05) is 7.11 Å². The quantitative estimate of drug-likeness (QED) is 0.633. The van der Waals surface area contributed by atoms with Crippen molar-refractivity contribution in [2.24, 2.45) is 4.99 Å². The minimum Gasteiger partial charge on any atom is -0.467 e. The lowest BCUT2D eigenvalue weighted by atomic mass is 9.75. The third-order valence-corrected chi connectivity index (χ3v) is 4.83. The van der Waals surface area contributed by atoms with E-state index >= 15 is 0 Å². The van der Waals surface area contributed by atoms with Crippen molar-refractivity contribution < 1.29 is 14.3 Å². The molecule has 2 aliphatic rings. The van der Waals surface area contributed by atoms with Crippen LogP contribution in [0.25, 0.3) is 0 Å². The van der Waals surface area contributed by atoms with Gasteiger partial charge in [-0.3, -0.25) is 9.69 Å². The lowest BCUT2D eigenvalue weighted by Crippen LogP contribution is -2.43. The number of para-hydroxylation sites is 1. The second-order valence-corrected chi connectivity index (χ2v) is 6.65. The molecule has 0 radical (unpaired) electrons. The number of rotatable bonds is 3. The summed E-state index contributed by atoms with van der Waals surface area (Å²) in [5.74, 6) is 0.0940. The molecule has 2 aliphatic heterocycles. The van der Waals surface area contributed by atoms with Crippen molar-refractivity contribution in [3.8, 4) is 0 Å². The van der Waals surface area contributed by atoms with Gasteiger partial charge in [-0.25, -0.2) is 9.79 Å². The molecule has 1 amide bonds. The van der Waals surface area contributed by atoms with Gasteiger partial charge >= 0.3 is 5.97 Å². The zero-order chi connectivity index (χ0) is 17.5. The molecule has 2 atom stereocenters. The Morgan fingerprint density at radius 1 is 1.33 bits per heavy atom. The summed E-state index contributed by atoms with van der Waals surface area (Å²) in [5, 5.41) is 0. The average molecular weight is 326 g/mol. The van der Waals surface area contributed by atoms with Gasteiger partial charge in [-0.2, -0.15) is 0 Å². The number of methoxy groups -OCH3 is 1. The van der Waals surface area contributed by atoms with E-state index in [0.717, 1.165) is 11.3 Å². The van der Waals surface area contributed by atoms with Crippen molar-refractivity contribution in [1.29, 1.82) is 0 Å². The SMILES string of the molecule is COC(=O)[C@@H]1C[C@@]2(CC=C(C)C)C(=Nc3ccccc32)N1C(C)=O. The van der Waals surface area contributed by atoms with E-state index < -0.39 is 17.4 Å². The summed E-state index contributed by atoms with van der Waals surface area (Å²) >= 11 is 0. The van der Waals surface area contributed by atoms with E-state index in [4.69, 9.17) is 9.73 Å². The summed E-state index contributed by atoms with van der Waals surface area (Å²) in [7, 11) is 1.35. The van der Waals surface area contributed by atoms with E-state index in [9.17, 15) is 9.59 Å². The standard InChI is InChI=1S/C19H22N2O3/c1-12(2)9-10-19-11-16(17(23)24-4)21(13(3)22)18(19)20-15-8-6-5-7-14(15)19/h5-9,16H,10-11H2,1-4H3/t16-,19+/m0/s1. The highest BCUT2D eigenvalue weighted by Crippen LogP contribution is 2.51. The minimum atomic E-state index is -0.620. The number of amides is 1. The van der Waals surface area contributed by atoms with Crippen molar-refractivity contribution in [1.82, 2.24) is 4.90 Å². The van der Waals surface area contributed by atoms with Gasteiger partial charge in [0.15, 0.2) is 0 Å². The van der Waals surface area contributed by atoms with Crippen LogP contribution < -0.4 is 0 Å². The molecule has 5 nitrogen and oxygen atoms in total. The highest BCUT2D eigenvalue weighted by molar-refractivity contribution is 6.12. The molecule has 0 bridgehead atoms. The molecule has 0 N–H and O–H groups in total. The van der Waals surface area contributed by atoms with Crippen LogP contribution in [0.15, 0.2) is 40.9 Å². The number of benzene rings is 1. The molecular weight excluding hydrogens is 304 g/mol. The van der Waals surface area contributed by atoms with Gasteiger partial charge < -0.3 is 4.74 Å². The van der Waals surface area contributed by atoms with E-state index in [1.807, 2.05) is 38.1 Å². The van der Waals surface area contributed by atoms with Crippen LogP contribution >= 0.6 is 0 Å². The maximum atomic E-state index is 12.3. The fraction of sp³-hybridized carbons (Fsp3) is 0.421. The Morgan fingerprint density at radius 2 is 2.04 bits per heavy atom. The lowest BCUT2D eigenvalue weighted by Gasteiger charge is -2.25. The summed E-state index contributed by atoms with van der Waals surface area (Å²) in [6.45, 7) is 5.56. The predicted molar refractivity (Wildman–Crippen MR) is 92.2 cm³/mol. The molecule has 1 saturated heterocycles. The smallest absolute Gasteiger partial charge is 0.329 e. The van der Waals surface area contributed by atoms with Crippen molar-refractivity contribution in [2.45, 2.75) is 45.1 Å². The van der Waals surface area contributed by atoms with Gasteiger partial charge in [0.1, 0.15) is 11.9 Å². The van der Waals surface area contributed by atoms with Crippen molar-refractivity contribution in [3.63, 3.8) is 0 Å². The number of hydrogen-bond donors (Lipinski definition) is 0. The molecule has 3 rings (SSSR count). The van der Waals surface area contributed by atoms with Crippen molar-refractivity contribution in [3.05, 3.63) is 41.5 Å². The molecule has 0 unspecified atom stereocenters. The largest absolute Gasteiger partial charge is 0.467 e.